The first-order valence-electron chi connectivity index (χ1n) is 7.53. The van der Waals surface area contributed by atoms with E-state index in [0.29, 0.717) is 13.1 Å². The van der Waals surface area contributed by atoms with Crippen LogP contribution in [0.2, 0.25) is 0 Å². The molecule has 1 aliphatic heterocycles. The van der Waals surface area contributed by atoms with Gasteiger partial charge in [-0.05, 0) is 31.2 Å². The van der Waals surface area contributed by atoms with Gasteiger partial charge in [0, 0.05) is 26.2 Å². The smallest absolute Gasteiger partial charge is 0.149 e. The van der Waals surface area contributed by atoms with Gasteiger partial charge >= 0.3 is 0 Å². The van der Waals surface area contributed by atoms with E-state index in [2.05, 4.69) is 4.90 Å². The number of rotatable bonds is 3. The Labute approximate surface area is 121 Å². The van der Waals surface area contributed by atoms with E-state index in [1.807, 2.05) is 27.8 Å². The Morgan fingerprint density at radius 3 is 1.95 bits per heavy atom. The van der Waals surface area contributed by atoms with Crippen LogP contribution in [0.4, 0.5) is 14.5 Å². The van der Waals surface area contributed by atoms with Crippen molar-refractivity contribution in [2.24, 2.45) is 0 Å². The summed E-state index contributed by atoms with van der Waals surface area (Å²) in [5, 5.41) is 0. The fraction of sp³-hybridized carbons (Fsp3) is 0.625. The molecule has 0 aliphatic carbocycles. The molecule has 1 fully saturated rings. The van der Waals surface area contributed by atoms with Crippen molar-refractivity contribution in [3.05, 3.63) is 29.3 Å². The molecule has 0 saturated carbocycles. The van der Waals surface area contributed by atoms with E-state index >= 15 is 0 Å². The highest BCUT2D eigenvalue weighted by Gasteiger charge is 2.21. The van der Waals surface area contributed by atoms with Gasteiger partial charge in [0.1, 0.15) is 17.3 Å². The van der Waals surface area contributed by atoms with Gasteiger partial charge < -0.3 is 9.80 Å². The zero-order valence-corrected chi connectivity index (χ0v) is 13.0. The molecule has 1 aliphatic rings. The maximum atomic E-state index is 14.0. The lowest BCUT2D eigenvalue weighted by Gasteiger charge is -2.34. The molecule has 114 valence electrons. The standard InChI is InChI=1S/C14H20F2N2.C2H6/c1-3-4-11-9-12(15)14(13(16)10-11)18-7-5-17(2)6-8-18;1-2/h9-10H,3-8H2,1-2H3;1-2H3. The number of nitrogens with zero attached hydrogens (tertiary/aromatic N) is 2. The van der Waals surface area contributed by atoms with Gasteiger partial charge in [-0.25, -0.2) is 8.78 Å². The normalized spacial score (nSPS) is 15.8. The minimum atomic E-state index is -0.428. The second-order valence-corrected chi connectivity index (χ2v) is 4.95. The third kappa shape index (κ3) is 4.17. The van der Waals surface area contributed by atoms with Crippen molar-refractivity contribution in [3.63, 3.8) is 0 Å². The molecule has 1 heterocycles. The molecule has 0 radical (unpaired) electrons. The van der Waals surface area contributed by atoms with Crippen molar-refractivity contribution in [2.45, 2.75) is 33.6 Å². The highest BCUT2D eigenvalue weighted by molar-refractivity contribution is 5.51. The molecule has 2 rings (SSSR count). The fourth-order valence-corrected chi connectivity index (χ4v) is 2.38. The van der Waals surface area contributed by atoms with Crippen LogP contribution >= 0.6 is 0 Å². The molecular formula is C16H26F2N2. The van der Waals surface area contributed by atoms with Crippen molar-refractivity contribution >= 4 is 5.69 Å². The number of anilines is 1. The summed E-state index contributed by atoms with van der Waals surface area (Å²) in [6.07, 6.45) is 1.61. The second-order valence-electron chi connectivity index (χ2n) is 4.95. The van der Waals surface area contributed by atoms with Crippen LogP contribution in [0.3, 0.4) is 0 Å². The number of benzene rings is 1. The van der Waals surface area contributed by atoms with Gasteiger partial charge in [0.2, 0.25) is 0 Å². The molecule has 1 aromatic carbocycles. The average Bonchev–Trinajstić information content (AvgIpc) is 2.43. The molecule has 0 amide bonds. The van der Waals surface area contributed by atoms with Crippen LogP contribution in [0.5, 0.6) is 0 Å². The number of piperazine rings is 1. The molecule has 4 heteroatoms. The van der Waals surface area contributed by atoms with Crippen LogP contribution in [0.15, 0.2) is 12.1 Å². The van der Waals surface area contributed by atoms with Crippen molar-refractivity contribution in [1.29, 1.82) is 0 Å². The lowest BCUT2D eigenvalue weighted by molar-refractivity contribution is 0.310. The van der Waals surface area contributed by atoms with Gasteiger partial charge in [-0.15, -0.1) is 0 Å². The maximum Gasteiger partial charge on any atom is 0.149 e. The predicted molar refractivity (Wildman–Crippen MR) is 81.4 cm³/mol. The minimum absolute atomic E-state index is 0.142. The minimum Gasteiger partial charge on any atom is -0.364 e. The molecule has 1 saturated heterocycles. The van der Waals surface area contributed by atoms with Crippen LogP contribution < -0.4 is 4.90 Å². The Balaban J connectivity index is 0.000000956. The Kier molecular flexibility index (Phi) is 6.93. The van der Waals surface area contributed by atoms with Crippen molar-refractivity contribution in [1.82, 2.24) is 4.90 Å². The summed E-state index contributed by atoms with van der Waals surface area (Å²) in [6, 6.07) is 2.94. The monoisotopic (exact) mass is 284 g/mol. The fourth-order valence-electron chi connectivity index (χ4n) is 2.38. The number of halogens is 2. The van der Waals surface area contributed by atoms with Crippen LogP contribution in [-0.2, 0) is 6.42 Å². The van der Waals surface area contributed by atoms with E-state index in [4.69, 9.17) is 0 Å². The summed E-state index contributed by atoms with van der Waals surface area (Å²) in [4.78, 5) is 3.97. The van der Waals surface area contributed by atoms with Gasteiger partial charge in [-0.2, -0.15) is 0 Å². The lowest BCUT2D eigenvalue weighted by Crippen LogP contribution is -2.45. The molecule has 2 nitrogen and oxygen atoms in total. The Morgan fingerprint density at radius 2 is 1.50 bits per heavy atom. The molecule has 0 N–H and O–H groups in total. The molecule has 0 unspecified atom stereocenters. The number of aryl methyl sites for hydroxylation is 1. The highest BCUT2D eigenvalue weighted by atomic mass is 19.1. The second kappa shape index (κ2) is 8.20. The van der Waals surface area contributed by atoms with Gasteiger partial charge in [-0.1, -0.05) is 27.2 Å². The summed E-state index contributed by atoms with van der Waals surface area (Å²) < 4.78 is 28.0. The van der Waals surface area contributed by atoms with Crippen molar-refractivity contribution < 1.29 is 8.78 Å². The number of likely N-dealkylation sites (N-methyl/N-ethyl adjacent to an activating group) is 1. The zero-order valence-electron chi connectivity index (χ0n) is 13.0. The molecular weight excluding hydrogens is 258 g/mol. The summed E-state index contributed by atoms with van der Waals surface area (Å²) in [7, 11) is 2.02. The molecule has 1 aromatic rings. The van der Waals surface area contributed by atoms with E-state index in [-0.39, 0.29) is 5.69 Å². The van der Waals surface area contributed by atoms with Gasteiger partial charge in [0.15, 0.2) is 0 Å². The summed E-state index contributed by atoms with van der Waals surface area (Å²) in [5.74, 6) is -0.856. The van der Waals surface area contributed by atoms with Crippen LogP contribution in [0.1, 0.15) is 32.8 Å². The van der Waals surface area contributed by atoms with E-state index in [1.165, 1.54) is 12.1 Å². The molecule has 0 spiro atoms. The van der Waals surface area contributed by atoms with E-state index in [0.717, 1.165) is 31.5 Å². The Hall–Kier alpha value is -1.16. The van der Waals surface area contributed by atoms with Gasteiger partial charge in [-0.3, -0.25) is 0 Å². The molecule has 0 aromatic heterocycles. The first-order chi connectivity index (χ1) is 9.61. The van der Waals surface area contributed by atoms with E-state index in [9.17, 15) is 8.78 Å². The summed E-state index contributed by atoms with van der Waals surface area (Å²) in [6.45, 7) is 9.05. The number of hydrogen-bond acceptors (Lipinski definition) is 2. The molecule has 0 atom stereocenters. The van der Waals surface area contributed by atoms with E-state index < -0.39 is 11.6 Å². The summed E-state index contributed by atoms with van der Waals surface area (Å²) >= 11 is 0. The van der Waals surface area contributed by atoms with E-state index in [1.54, 1.807) is 4.90 Å². The quantitative estimate of drug-likeness (QED) is 0.835. The molecule has 20 heavy (non-hydrogen) atoms. The van der Waals surface area contributed by atoms with Crippen molar-refractivity contribution in [2.75, 3.05) is 38.1 Å². The Morgan fingerprint density at radius 1 is 1.00 bits per heavy atom. The SMILES string of the molecule is CC.CCCc1cc(F)c(N2CCN(C)CC2)c(F)c1. The van der Waals surface area contributed by atoms with Gasteiger partial charge in [0.05, 0.1) is 0 Å². The third-order valence-electron chi connectivity index (χ3n) is 3.43. The summed E-state index contributed by atoms with van der Waals surface area (Å²) in [5.41, 5.74) is 0.883. The third-order valence-corrected chi connectivity index (χ3v) is 3.43. The first kappa shape index (κ1) is 16.9. The predicted octanol–water partition coefficient (Wildman–Crippen LogP) is 3.70. The highest BCUT2D eigenvalue weighted by Crippen LogP contribution is 2.26. The maximum absolute atomic E-state index is 14.0. The van der Waals surface area contributed by atoms with Gasteiger partial charge in [0.25, 0.3) is 0 Å². The van der Waals surface area contributed by atoms with Crippen LogP contribution in [-0.4, -0.2) is 38.1 Å². The number of hydrogen-bond donors (Lipinski definition) is 0. The topological polar surface area (TPSA) is 6.48 Å². The Bertz CT molecular complexity index is 390. The average molecular weight is 284 g/mol. The van der Waals surface area contributed by atoms with Crippen LogP contribution in [0, 0.1) is 11.6 Å². The van der Waals surface area contributed by atoms with Crippen molar-refractivity contribution in [3.8, 4) is 0 Å². The lowest BCUT2D eigenvalue weighted by atomic mass is 10.1. The zero-order chi connectivity index (χ0) is 15.1. The largest absolute Gasteiger partial charge is 0.364 e. The first-order valence-corrected chi connectivity index (χ1v) is 7.53. The van der Waals surface area contributed by atoms with Crippen LogP contribution in [0.25, 0.3) is 0 Å². The molecule has 0 bridgehead atoms.